The predicted molar refractivity (Wildman–Crippen MR) is 193 cm³/mol. The van der Waals surface area contributed by atoms with E-state index in [1.807, 2.05) is 34.6 Å². The van der Waals surface area contributed by atoms with Crippen LogP contribution in [-0.2, 0) is 11.3 Å². The van der Waals surface area contributed by atoms with Crippen molar-refractivity contribution in [2.45, 2.75) is 123 Å². The van der Waals surface area contributed by atoms with E-state index in [-0.39, 0.29) is 71.5 Å². The Balaban J connectivity index is 1.65. The van der Waals surface area contributed by atoms with Crippen molar-refractivity contribution >= 4 is 28.5 Å². The van der Waals surface area contributed by atoms with E-state index >= 15 is 0 Å². The number of nitrogens with one attached hydrogen (secondary N) is 2. The molecule has 6 atom stereocenters. The molecule has 49 heavy (non-hydrogen) atoms. The maximum Gasteiger partial charge on any atom is 0.237 e. The first-order valence-electron chi connectivity index (χ1n) is 18.1. The number of carbonyl (C=O) groups excluding carboxylic acids is 3. The lowest BCUT2D eigenvalue weighted by molar-refractivity contribution is -0.123. The summed E-state index contributed by atoms with van der Waals surface area (Å²) in [6, 6.07) is 9.08. The molecule has 1 amide bonds. The first kappa shape index (κ1) is 38.2. The number of rotatable bonds is 17. The fourth-order valence-corrected chi connectivity index (χ4v) is 7.08. The molecule has 8 N–H and O–H groups in total. The van der Waals surface area contributed by atoms with E-state index in [2.05, 4.69) is 10.3 Å². The Kier molecular flexibility index (Phi) is 13.5. The Hall–Kier alpha value is -3.60. The number of aromatic nitrogens is 2. The second-order valence-electron chi connectivity index (χ2n) is 14.7. The number of aliphatic hydroxyl groups is 1. The largest absolute Gasteiger partial charge is 0.508 e. The van der Waals surface area contributed by atoms with Crippen LogP contribution in [0.1, 0.15) is 130 Å². The molecule has 0 bridgehead atoms. The number of fused-ring (bicyclic) bond motifs is 1. The fourth-order valence-electron chi connectivity index (χ4n) is 7.08. The number of phenols is 1. The number of ketones is 2. The van der Waals surface area contributed by atoms with Gasteiger partial charge in [-0.3, -0.25) is 14.4 Å². The van der Waals surface area contributed by atoms with Crippen molar-refractivity contribution in [3.63, 3.8) is 0 Å². The number of benzene rings is 2. The van der Waals surface area contributed by atoms with Crippen molar-refractivity contribution in [1.29, 1.82) is 0 Å². The highest BCUT2D eigenvalue weighted by Crippen LogP contribution is 2.33. The summed E-state index contributed by atoms with van der Waals surface area (Å²) < 4.78 is 0. The van der Waals surface area contributed by atoms with Gasteiger partial charge < -0.3 is 32.0 Å². The van der Waals surface area contributed by atoms with Crippen LogP contribution in [0.15, 0.2) is 36.4 Å². The van der Waals surface area contributed by atoms with E-state index in [0.717, 1.165) is 31.2 Å². The summed E-state index contributed by atoms with van der Waals surface area (Å²) in [6.07, 6.45) is 6.85. The number of nitrogens with zero attached hydrogens (tertiary/aromatic N) is 1. The van der Waals surface area contributed by atoms with Gasteiger partial charge in [-0.1, -0.05) is 85.3 Å². The number of H-pyrrole nitrogens is 1. The van der Waals surface area contributed by atoms with Crippen LogP contribution in [0.5, 0.6) is 5.75 Å². The van der Waals surface area contributed by atoms with Gasteiger partial charge in [-0.15, -0.1) is 0 Å². The Morgan fingerprint density at radius 1 is 1.00 bits per heavy atom. The summed E-state index contributed by atoms with van der Waals surface area (Å²) >= 11 is 0. The average Bonchev–Trinajstić information content (AvgIpc) is 3.51. The molecule has 10 heteroatoms. The summed E-state index contributed by atoms with van der Waals surface area (Å²) in [5.74, 6) is -0.543. The molecule has 1 aliphatic carbocycles. The van der Waals surface area contributed by atoms with E-state index in [1.54, 1.807) is 36.4 Å². The number of hydrogen-bond donors (Lipinski definition) is 6. The highest BCUT2D eigenvalue weighted by Gasteiger charge is 2.33. The van der Waals surface area contributed by atoms with Crippen LogP contribution in [0, 0.1) is 23.7 Å². The van der Waals surface area contributed by atoms with E-state index in [4.69, 9.17) is 16.5 Å². The number of aromatic amines is 1. The molecular weight excluding hydrogens is 618 g/mol. The molecule has 1 aromatic heterocycles. The molecule has 2 aromatic carbocycles. The van der Waals surface area contributed by atoms with Gasteiger partial charge in [-0.25, -0.2) is 4.98 Å². The minimum absolute atomic E-state index is 0.0123. The number of carbonyl (C=O) groups is 3. The highest BCUT2D eigenvalue weighted by molar-refractivity contribution is 6.16. The zero-order valence-corrected chi connectivity index (χ0v) is 29.9. The van der Waals surface area contributed by atoms with Crippen molar-refractivity contribution in [2.24, 2.45) is 35.1 Å². The number of hydrogen-bond acceptors (Lipinski definition) is 8. The molecule has 1 saturated carbocycles. The van der Waals surface area contributed by atoms with Crippen LogP contribution in [-0.4, -0.2) is 55.8 Å². The van der Waals surface area contributed by atoms with Crippen molar-refractivity contribution < 1.29 is 24.6 Å². The lowest BCUT2D eigenvalue weighted by Gasteiger charge is -2.30. The number of phenolic OH excluding ortho intramolecular Hbond substituents is 1. The number of aliphatic hydroxyl groups excluding tert-OH is 1. The van der Waals surface area contributed by atoms with Crippen LogP contribution < -0.4 is 16.8 Å². The third-order valence-electron chi connectivity index (χ3n) is 10.7. The Bertz CT molecular complexity index is 1560. The highest BCUT2D eigenvalue weighted by atomic mass is 16.3. The van der Waals surface area contributed by atoms with Gasteiger partial charge in [0, 0.05) is 23.9 Å². The molecule has 10 nitrogen and oxygen atoms in total. The molecule has 0 spiro atoms. The molecule has 0 saturated heterocycles. The third kappa shape index (κ3) is 9.77. The van der Waals surface area contributed by atoms with Gasteiger partial charge in [-0.05, 0) is 66.3 Å². The second-order valence-corrected chi connectivity index (χ2v) is 14.7. The first-order chi connectivity index (χ1) is 23.3. The third-order valence-corrected chi connectivity index (χ3v) is 10.7. The Morgan fingerprint density at radius 2 is 1.67 bits per heavy atom. The van der Waals surface area contributed by atoms with Crippen LogP contribution in [0.3, 0.4) is 0 Å². The normalized spacial score (nSPS) is 17.7. The standard InChI is InChI=1S/C39H57N5O5/c1-6-23(4)36(41)39(49)42-21-34-43-31-17-16-28(35(37(31)44-34)33(47)18-24(5)26-12-14-27(45)15-13-26)38(48)29(22(2)3)20-32(46)30(40)19-25-10-8-7-9-11-25/h12-17,22-25,29-30,32,36,45-46H,6-11,18-21,40-41H2,1-5H3,(H,42,49)(H,43,44)/t23-,24?,29?,30-,32-,36-/m0/s1. The van der Waals surface area contributed by atoms with Gasteiger partial charge in [-0.2, -0.15) is 0 Å². The molecule has 1 aliphatic rings. The number of aromatic hydroxyl groups is 1. The molecular formula is C39H57N5O5. The predicted octanol–water partition coefficient (Wildman–Crippen LogP) is 6.14. The first-order valence-corrected chi connectivity index (χ1v) is 18.1. The molecule has 2 unspecified atom stereocenters. The topological polar surface area (TPSA) is 184 Å². The maximum absolute atomic E-state index is 14.4. The van der Waals surface area contributed by atoms with Crippen LogP contribution in [0.2, 0.25) is 0 Å². The lowest BCUT2D eigenvalue weighted by Crippen LogP contribution is -2.44. The van der Waals surface area contributed by atoms with E-state index < -0.39 is 24.1 Å². The SMILES string of the molecule is CC[C@H](C)[C@H](N)C(=O)NCc1nc2c(C(=O)CC(C)c3ccc(O)cc3)c(C(=O)C(C[C@H](O)[C@@H](N)CC3CCCCC3)C(C)C)ccc2[nH]1. The summed E-state index contributed by atoms with van der Waals surface area (Å²) in [5, 5.41) is 23.9. The second kappa shape index (κ2) is 17.4. The lowest BCUT2D eigenvalue weighted by atomic mass is 9.78. The smallest absolute Gasteiger partial charge is 0.237 e. The van der Waals surface area contributed by atoms with Crippen LogP contribution in [0.25, 0.3) is 11.0 Å². The van der Waals surface area contributed by atoms with E-state index in [1.165, 1.54) is 19.3 Å². The Morgan fingerprint density at radius 3 is 2.31 bits per heavy atom. The van der Waals surface area contributed by atoms with Gasteiger partial charge in [0.25, 0.3) is 0 Å². The number of nitrogens with two attached hydrogens (primary N) is 2. The maximum atomic E-state index is 14.4. The molecule has 3 aromatic rings. The summed E-state index contributed by atoms with van der Waals surface area (Å²) in [6.45, 7) is 9.82. The monoisotopic (exact) mass is 675 g/mol. The summed E-state index contributed by atoms with van der Waals surface area (Å²) in [5.41, 5.74) is 14.9. The number of imidazole rings is 1. The zero-order chi connectivity index (χ0) is 35.8. The van der Waals surface area contributed by atoms with Crippen molar-refractivity contribution in [2.75, 3.05) is 0 Å². The minimum atomic E-state index is -0.849. The molecule has 268 valence electrons. The average molecular weight is 676 g/mol. The molecule has 0 radical (unpaired) electrons. The minimum Gasteiger partial charge on any atom is -0.508 e. The van der Waals surface area contributed by atoms with Crippen LogP contribution in [0.4, 0.5) is 0 Å². The van der Waals surface area contributed by atoms with Gasteiger partial charge in [0.2, 0.25) is 5.91 Å². The summed E-state index contributed by atoms with van der Waals surface area (Å²) in [4.78, 5) is 49.3. The van der Waals surface area contributed by atoms with Gasteiger partial charge in [0.05, 0.1) is 29.8 Å². The van der Waals surface area contributed by atoms with E-state index in [0.29, 0.717) is 22.8 Å². The van der Waals surface area contributed by atoms with Crippen molar-refractivity contribution in [3.8, 4) is 5.75 Å². The fraction of sp³-hybridized carbons (Fsp3) is 0.590. The van der Waals surface area contributed by atoms with Crippen LogP contribution >= 0.6 is 0 Å². The number of Topliss-reactive ketones (excluding diaryl/α,β-unsaturated/α-hetero) is 2. The summed E-state index contributed by atoms with van der Waals surface area (Å²) in [7, 11) is 0. The molecule has 1 fully saturated rings. The van der Waals surface area contributed by atoms with Gasteiger partial charge >= 0.3 is 0 Å². The van der Waals surface area contributed by atoms with Gasteiger partial charge in [0.1, 0.15) is 17.1 Å². The Labute approximate surface area is 290 Å². The quantitative estimate of drug-likeness (QED) is 0.0922. The molecule has 4 rings (SSSR count). The van der Waals surface area contributed by atoms with Crippen molar-refractivity contribution in [3.05, 3.63) is 58.9 Å². The van der Waals surface area contributed by atoms with E-state index in [9.17, 15) is 24.6 Å². The molecule has 0 aliphatic heterocycles. The van der Waals surface area contributed by atoms with Gasteiger partial charge in [0.15, 0.2) is 11.6 Å². The number of amides is 1. The molecule has 1 heterocycles. The zero-order valence-electron chi connectivity index (χ0n) is 29.9. The van der Waals surface area contributed by atoms with Crippen molar-refractivity contribution in [1.82, 2.24) is 15.3 Å².